The van der Waals surface area contributed by atoms with Gasteiger partial charge in [-0.15, -0.1) is 0 Å². The highest BCUT2D eigenvalue weighted by molar-refractivity contribution is 7.91. The van der Waals surface area contributed by atoms with Gasteiger partial charge in [-0.1, -0.05) is 24.4 Å². The second-order valence-corrected chi connectivity index (χ2v) is 7.34. The maximum atomic E-state index is 12.1. The number of amides is 1. The summed E-state index contributed by atoms with van der Waals surface area (Å²) >= 11 is 5.82. The first-order valence-electron chi connectivity index (χ1n) is 6.62. The normalized spacial score (nSPS) is 16.2. The molecule has 1 N–H and O–H groups in total. The molecule has 20 heavy (non-hydrogen) atoms. The van der Waals surface area contributed by atoms with E-state index in [1.807, 2.05) is 0 Å². The quantitative estimate of drug-likeness (QED) is 0.901. The molecule has 7 heteroatoms. The Labute approximate surface area is 123 Å². The van der Waals surface area contributed by atoms with Gasteiger partial charge < -0.3 is 5.32 Å². The number of nitrogens with zero attached hydrogens (tertiary/aromatic N) is 1. The Morgan fingerprint density at radius 2 is 2.10 bits per heavy atom. The van der Waals surface area contributed by atoms with Crippen molar-refractivity contribution in [2.24, 2.45) is 0 Å². The van der Waals surface area contributed by atoms with Crippen LogP contribution in [0.1, 0.15) is 32.1 Å². The summed E-state index contributed by atoms with van der Waals surface area (Å²) < 4.78 is 24.1. The van der Waals surface area contributed by atoms with E-state index in [0.29, 0.717) is 0 Å². The Balaban J connectivity index is 1.92. The summed E-state index contributed by atoms with van der Waals surface area (Å²) in [4.78, 5) is 15.5. The Hall–Kier alpha value is -1.14. The topological polar surface area (TPSA) is 76.1 Å². The molecule has 1 aromatic heterocycles. The Morgan fingerprint density at radius 1 is 1.40 bits per heavy atom. The zero-order chi connectivity index (χ0) is 14.6. The number of sulfone groups is 1. The van der Waals surface area contributed by atoms with Gasteiger partial charge in [-0.2, -0.15) is 0 Å². The highest BCUT2D eigenvalue weighted by Crippen LogP contribution is 2.20. The van der Waals surface area contributed by atoms with Crippen molar-refractivity contribution < 1.29 is 13.2 Å². The molecule has 1 amide bonds. The Kier molecular flexibility index (Phi) is 4.99. The van der Waals surface area contributed by atoms with Gasteiger partial charge in [0.25, 0.3) is 0 Å². The number of halogens is 1. The van der Waals surface area contributed by atoms with Crippen molar-refractivity contribution in [1.29, 1.82) is 0 Å². The maximum Gasteiger partial charge on any atom is 0.221 e. The molecule has 1 fully saturated rings. The van der Waals surface area contributed by atoms with Gasteiger partial charge in [0.05, 0.1) is 10.8 Å². The summed E-state index contributed by atoms with van der Waals surface area (Å²) in [5, 5.41) is 2.79. The fraction of sp³-hybridized carbons (Fsp3) is 0.538. The van der Waals surface area contributed by atoms with Gasteiger partial charge in [-0.25, -0.2) is 13.4 Å². The lowest BCUT2D eigenvalue weighted by molar-refractivity contribution is -0.121. The molecular weight excluding hydrogens is 300 g/mol. The molecule has 5 nitrogen and oxygen atoms in total. The minimum absolute atomic E-state index is 0.0638. The van der Waals surface area contributed by atoms with Gasteiger partial charge in [0.2, 0.25) is 5.91 Å². The average Bonchev–Trinajstić information content (AvgIpc) is 2.90. The predicted octanol–water partition coefficient (Wildman–Crippen LogP) is 1.96. The van der Waals surface area contributed by atoms with Crippen molar-refractivity contribution in [3.05, 3.63) is 23.4 Å². The first-order valence-corrected chi connectivity index (χ1v) is 8.65. The Morgan fingerprint density at radius 3 is 2.75 bits per heavy atom. The highest BCUT2D eigenvalue weighted by atomic mass is 35.5. The molecule has 2 rings (SSSR count). The van der Waals surface area contributed by atoms with Crippen LogP contribution in [0.2, 0.25) is 5.02 Å². The van der Waals surface area contributed by atoms with Crippen LogP contribution in [-0.2, 0) is 14.6 Å². The molecule has 0 atom stereocenters. The molecule has 1 saturated carbocycles. The predicted molar refractivity (Wildman–Crippen MR) is 76.3 cm³/mol. The smallest absolute Gasteiger partial charge is 0.221 e. The van der Waals surface area contributed by atoms with Crippen LogP contribution in [0, 0.1) is 0 Å². The monoisotopic (exact) mass is 316 g/mol. The standard InChI is InChI=1S/C13H17ClN2O3S/c14-11-6-3-8-15-13(11)20(18,19)9-7-12(17)16-10-4-1-2-5-10/h3,6,8,10H,1-2,4-5,7,9H2,(H,16,17). The number of hydrogen-bond acceptors (Lipinski definition) is 4. The minimum atomic E-state index is -3.62. The van der Waals surface area contributed by atoms with E-state index in [1.165, 1.54) is 12.3 Å². The van der Waals surface area contributed by atoms with E-state index in [4.69, 9.17) is 11.6 Å². The average molecular weight is 317 g/mol. The van der Waals surface area contributed by atoms with Gasteiger partial charge in [0, 0.05) is 18.7 Å². The van der Waals surface area contributed by atoms with Crippen LogP contribution in [0.4, 0.5) is 0 Å². The second kappa shape index (κ2) is 6.54. The van der Waals surface area contributed by atoms with E-state index < -0.39 is 9.84 Å². The van der Waals surface area contributed by atoms with Crippen molar-refractivity contribution in [3.8, 4) is 0 Å². The van der Waals surface area contributed by atoms with Crippen molar-refractivity contribution in [1.82, 2.24) is 10.3 Å². The van der Waals surface area contributed by atoms with Crippen LogP contribution in [0.3, 0.4) is 0 Å². The fourth-order valence-electron chi connectivity index (χ4n) is 2.29. The Bertz CT molecular complexity index is 583. The molecule has 1 aliphatic carbocycles. The van der Waals surface area contributed by atoms with Crippen LogP contribution in [0.5, 0.6) is 0 Å². The molecule has 0 bridgehead atoms. The minimum Gasteiger partial charge on any atom is -0.353 e. The molecule has 1 aromatic rings. The lowest BCUT2D eigenvalue weighted by Crippen LogP contribution is -2.33. The van der Waals surface area contributed by atoms with Crippen LogP contribution in [0.15, 0.2) is 23.4 Å². The molecular formula is C13H17ClN2O3S. The lowest BCUT2D eigenvalue weighted by Gasteiger charge is -2.11. The number of aromatic nitrogens is 1. The molecule has 0 aliphatic heterocycles. The summed E-state index contributed by atoms with van der Waals surface area (Å²) in [7, 11) is -3.62. The van der Waals surface area contributed by atoms with Gasteiger partial charge in [-0.3, -0.25) is 4.79 Å². The number of carbonyl (C=O) groups is 1. The van der Waals surface area contributed by atoms with E-state index >= 15 is 0 Å². The van der Waals surface area contributed by atoms with Gasteiger partial charge in [0.1, 0.15) is 0 Å². The second-order valence-electron chi connectivity index (χ2n) is 4.91. The van der Waals surface area contributed by atoms with Crippen LogP contribution in [-0.4, -0.2) is 31.1 Å². The van der Waals surface area contributed by atoms with E-state index in [-0.39, 0.29) is 34.2 Å². The fourth-order valence-corrected chi connectivity index (χ4v) is 4.00. The van der Waals surface area contributed by atoms with Crippen molar-refractivity contribution >= 4 is 27.3 Å². The summed E-state index contributed by atoms with van der Waals surface area (Å²) in [6.07, 6.45) is 5.50. The third kappa shape index (κ3) is 3.93. The summed E-state index contributed by atoms with van der Waals surface area (Å²) in [5.41, 5.74) is 0. The number of carbonyl (C=O) groups excluding carboxylic acids is 1. The molecule has 0 radical (unpaired) electrons. The summed E-state index contributed by atoms with van der Waals surface area (Å²) in [6, 6.07) is 3.23. The zero-order valence-corrected chi connectivity index (χ0v) is 12.6. The van der Waals surface area contributed by atoms with E-state index in [1.54, 1.807) is 6.07 Å². The third-order valence-corrected chi connectivity index (χ3v) is 5.41. The van der Waals surface area contributed by atoms with Crippen LogP contribution >= 0.6 is 11.6 Å². The molecule has 0 spiro atoms. The highest BCUT2D eigenvalue weighted by Gasteiger charge is 2.22. The van der Waals surface area contributed by atoms with Crippen molar-refractivity contribution in [3.63, 3.8) is 0 Å². The van der Waals surface area contributed by atoms with Gasteiger partial charge in [0.15, 0.2) is 14.9 Å². The summed E-state index contributed by atoms with van der Waals surface area (Å²) in [5.74, 6) is -0.505. The van der Waals surface area contributed by atoms with Crippen LogP contribution in [0.25, 0.3) is 0 Å². The van der Waals surface area contributed by atoms with E-state index in [9.17, 15) is 13.2 Å². The molecule has 0 unspecified atom stereocenters. The first-order chi connectivity index (χ1) is 9.49. The van der Waals surface area contributed by atoms with E-state index in [2.05, 4.69) is 10.3 Å². The first kappa shape index (κ1) is 15.3. The largest absolute Gasteiger partial charge is 0.353 e. The van der Waals surface area contributed by atoms with Gasteiger partial charge >= 0.3 is 0 Å². The van der Waals surface area contributed by atoms with Crippen molar-refractivity contribution in [2.75, 3.05) is 5.75 Å². The van der Waals surface area contributed by atoms with E-state index in [0.717, 1.165) is 25.7 Å². The molecule has 110 valence electrons. The number of pyridine rings is 1. The lowest BCUT2D eigenvalue weighted by atomic mass is 10.2. The number of nitrogens with one attached hydrogen (secondary N) is 1. The molecule has 1 heterocycles. The zero-order valence-electron chi connectivity index (χ0n) is 11.0. The SMILES string of the molecule is O=C(CCS(=O)(=O)c1ncccc1Cl)NC1CCCC1. The third-order valence-electron chi connectivity index (χ3n) is 3.34. The number of hydrogen-bond donors (Lipinski definition) is 1. The van der Waals surface area contributed by atoms with Gasteiger partial charge in [-0.05, 0) is 25.0 Å². The number of rotatable bonds is 5. The molecule has 0 aromatic carbocycles. The molecule has 1 aliphatic rings. The molecule has 0 saturated heterocycles. The van der Waals surface area contributed by atoms with Crippen molar-refractivity contribution in [2.45, 2.75) is 43.2 Å². The van der Waals surface area contributed by atoms with Crippen LogP contribution < -0.4 is 5.32 Å². The summed E-state index contributed by atoms with van der Waals surface area (Å²) in [6.45, 7) is 0. The maximum absolute atomic E-state index is 12.1.